The van der Waals surface area contributed by atoms with Crippen molar-refractivity contribution in [1.82, 2.24) is 15.0 Å². The van der Waals surface area contributed by atoms with Gasteiger partial charge in [0.05, 0.1) is 35.2 Å². The van der Waals surface area contributed by atoms with Crippen LogP contribution in [0.4, 0.5) is 0 Å². The Hall–Kier alpha value is -3.31. The van der Waals surface area contributed by atoms with E-state index in [0.717, 1.165) is 0 Å². The summed E-state index contributed by atoms with van der Waals surface area (Å²) in [6.07, 6.45) is 0.966. The second-order valence-corrected chi connectivity index (χ2v) is 7.44. The Morgan fingerprint density at radius 1 is 1.14 bits per heavy atom. The van der Waals surface area contributed by atoms with Crippen LogP contribution in [-0.4, -0.2) is 47.8 Å². The molecule has 1 amide bonds. The van der Waals surface area contributed by atoms with Crippen LogP contribution in [0.15, 0.2) is 47.5 Å². The number of benzene rings is 1. The third kappa shape index (κ3) is 5.86. The van der Waals surface area contributed by atoms with Crippen LogP contribution in [0.5, 0.6) is 5.75 Å². The van der Waals surface area contributed by atoms with Crippen molar-refractivity contribution in [2.24, 2.45) is 0 Å². The molecule has 148 valence electrons. The third-order valence-electron chi connectivity index (χ3n) is 3.55. The van der Waals surface area contributed by atoms with Crippen LogP contribution in [0.1, 0.15) is 22.5 Å². The Labute approximate surface area is 160 Å². The summed E-state index contributed by atoms with van der Waals surface area (Å²) in [5, 5.41) is 20.1. The molecule has 0 bridgehead atoms. The lowest BCUT2D eigenvalue weighted by Crippen LogP contribution is -2.37. The lowest BCUT2D eigenvalue weighted by molar-refractivity contribution is -0.138. The van der Waals surface area contributed by atoms with E-state index in [1.165, 1.54) is 42.6 Å². The summed E-state index contributed by atoms with van der Waals surface area (Å²) in [6.45, 7) is -0.138. The maximum atomic E-state index is 12.2. The Balaban J connectivity index is 1.98. The number of aromatic nitrogens is 1. The van der Waals surface area contributed by atoms with E-state index in [2.05, 4.69) is 15.0 Å². The highest BCUT2D eigenvalue weighted by Gasteiger charge is 2.17. The summed E-state index contributed by atoms with van der Waals surface area (Å²) < 4.78 is 26.7. The van der Waals surface area contributed by atoms with Gasteiger partial charge >= 0.3 is 5.97 Å². The maximum absolute atomic E-state index is 12.2. The fraction of sp³-hybridized carbons (Fsp3) is 0.176. The smallest absolute Gasteiger partial charge is 0.305 e. The number of aromatic hydroxyl groups is 1. The van der Waals surface area contributed by atoms with Gasteiger partial charge in [0, 0.05) is 6.20 Å². The third-order valence-corrected chi connectivity index (χ3v) is 4.97. The minimum Gasteiger partial charge on any atom is -0.508 e. The Morgan fingerprint density at radius 3 is 2.36 bits per heavy atom. The fourth-order valence-electron chi connectivity index (χ4n) is 2.11. The lowest BCUT2D eigenvalue weighted by atomic mass is 10.2. The molecule has 0 aliphatic rings. The summed E-state index contributed by atoms with van der Waals surface area (Å²) in [7, 11) is -3.81. The molecular weight excluding hydrogens is 390 g/mol. The standard InChI is InChI=1S/C17H17N3O7S/c21-10-13(7-16(23)24)20-17(25)11-1-2-12(18-8-11)9-19-28(26,27)15-5-3-14(22)4-6-15/h1-6,8,10,13,19,22H,7,9H2,(H,20,25)(H,23,24)/t13-/m0/s1. The van der Waals surface area contributed by atoms with Gasteiger partial charge in [-0.05, 0) is 36.4 Å². The summed E-state index contributed by atoms with van der Waals surface area (Å²) in [5.41, 5.74) is 0.416. The number of sulfonamides is 1. The summed E-state index contributed by atoms with van der Waals surface area (Å²) in [4.78, 5) is 37.4. The predicted octanol–water partition coefficient (Wildman–Crippen LogP) is 0.0377. The number of aldehydes is 1. The molecule has 0 aliphatic carbocycles. The first-order chi connectivity index (χ1) is 13.2. The number of aliphatic carboxylic acids is 1. The molecule has 1 heterocycles. The molecular formula is C17H17N3O7S. The number of carboxylic acids is 1. The topological polar surface area (TPSA) is 163 Å². The number of rotatable bonds is 9. The molecule has 0 fully saturated rings. The minimum atomic E-state index is -3.81. The van der Waals surface area contributed by atoms with E-state index in [1.54, 1.807) is 0 Å². The number of hydrogen-bond acceptors (Lipinski definition) is 7. The van der Waals surface area contributed by atoms with Gasteiger partial charge in [0.15, 0.2) is 0 Å². The first-order valence-corrected chi connectivity index (χ1v) is 9.41. The number of nitrogens with one attached hydrogen (secondary N) is 2. The van der Waals surface area contributed by atoms with E-state index < -0.39 is 34.4 Å². The fourth-order valence-corrected chi connectivity index (χ4v) is 3.11. The van der Waals surface area contributed by atoms with E-state index in [4.69, 9.17) is 5.11 Å². The number of carbonyl (C=O) groups excluding carboxylic acids is 2. The first kappa shape index (κ1) is 21.0. The number of phenolic OH excluding ortho intramolecular Hbond substituents is 1. The van der Waals surface area contributed by atoms with Gasteiger partial charge in [-0.25, -0.2) is 13.1 Å². The van der Waals surface area contributed by atoms with Gasteiger partial charge in [0.1, 0.15) is 12.0 Å². The van der Waals surface area contributed by atoms with Crippen LogP contribution in [0.2, 0.25) is 0 Å². The van der Waals surface area contributed by atoms with Crippen LogP contribution in [-0.2, 0) is 26.2 Å². The van der Waals surface area contributed by atoms with Gasteiger partial charge in [-0.3, -0.25) is 14.6 Å². The molecule has 1 aromatic heterocycles. The average molecular weight is 407 g/mol. The highest BCUT2D eigenvalue weighted by molar-refractivity contribution is 7.89. The van der Waals surface area contributed by atoms with E-state index in [-0.39, 0.29) is 22.8 Å². The first-order valence-electron chi connectivity index (χ1n) is 7.93. The molecule has 11 heteroatoms. The minimum absolute atomic E-state index is 0.0281. The van der Waals surface area contributed by atoms with Gasteiger partial charge in [0.2, 0.25) is 10.0 Å². The van der Waals surface area contributed by atoms with Crippen molar-refractivity contribution in [3.63, 3.8) is 0 Å². The van der Waals surface area contributed by atoms with Crippen LogP contribution in [0.25, 0.3) is 0 Å². The molecule has 0 unspecified atom stereocenters. The van der Waals surface area contributed by atoms with Gasteiger partial charge in [0.25, 0.3) is 5.91 Å². The van der Waals surface area contributed by atoms with E-state index >= 15 is 0 Å². The van der Waals surface area contributed by atoms with Crippen LogP contribution >= 0.6 is 0 Å². The molecule has 4 N–H and O–H groups in total. The van der Waals surface area contributed by atoms with Gasteiger partial charge in [-0.1, -0.05) is 0 Å². The zero-order chi connectivity index (χ0) is 20.7. The van der Waals surface area contributed by atoms with Crippen molar-refractivity contribution in [2.75, 3.05) is 0 Å². The Morgan fingerprint density at radius 2 is 1.82 bits per heavy atom. The number of amides is 1. The SMILES string of the molecule is O=C[C@H](CC(=O)O)NC(=O)c1ccc(CNS(=O)(=O)c2ccc(O)cc2)nc1. The maximum Gasteiger partial charge on any atom is 0.305 e. The van der Waals surface area contributed by atoms with Crippen molar-refractivity contribution >= 4 is 28.2 Å². The van der Waals surface area contributed by atoms with Gasteiger partial charge in [-0.2, -0.15) is 0 Å². The van der Waals surface area contributed by atoms with Gasteiger partial charge < -0.3 is 20.3 Å². The van der Waals surface area contributed by atoms with Crippen molar-refractivity contribution in [3.05, 3.63) is 53.9 Å². The molecule has 1 atom stereocenters. The number of phenols is 1. The molecule has 0 radical (unpaired) electrons. The molecule has 0 aliphatic heterocycles. The summed E-state index contributed by atoms with van der Waals surface area (Å²) in [5.74, 6) is -1.97. The molecule has 28 heavy (non-hydrogen) atoms. The number of nitrogens with zero attached hydrogens (tertiary/aromatic N) is 1. The second kappa shape index (κ2) is 9.06. The predicted molar refractivity (Wildman–Crippen MR) is 95.9 cm³/mol. The van der Waals surface area contributed by atoms with E-state index in [1.807, 2.05) is 0 Å². The largest absolute Gasteiger partial charge is 0.508 e. The number of hydrogen-bond donors (Lipinski definition) is 4. The van der Waals surface area contributed by atoms with Crippen molar-refractivity contribution in [2.45, 2.75) is 23.9 Å². The van der Waals surface area contributed by atoms with Crippen molar-refractivity contribution in [3.8, 4) is 5.75 Å². The quantitative estimate of drug-likeness (QED) is 0.423. The van der Waals surface area contributed by atoms with Crippen molar-refractivity contribution < 1.29 is 33.0 Å². The Kier molecular flexibility index (Phi) is 6.79. The highest BCUT2D eigenvalue weighted by atomic mass is 32.2. The lowest BCUT2D eigenvalue weighted by Gasteiger charge is -2.11. The molecule has 10 nitrogen and oxygen atoms in total. The van der Waals surface area contributed by atoms with Gasteiger partial charge in [-0.15, -0.1) is 0 Å². The average Bonchev–Trinajstić information content (AvgIpc) is 2.66. The molecule has 2 rings (SSSR count). The summed E-state index contributed by atoms with van der Waals surface area (Å²) >= 11 is 0. The van der Waals surface area contributed by atoms with Crippen LogP contribution in [0.3, 0.4) is 0 Å². The molecule has 0 saturated heterocycles. The normalized spacial score (nSPS) is 12.1. The van der Waals surface area contributed by atoms with Crippen molar-refractivity contribution in [1.29, 1.82) is 0 Å². The van der Waals surface area contributed by atoms with E-state index in [0.29, 0.717) is 12.0 Å². The molecule has 2 aromatic rings. The number of carboxylic acid groups (broad SMARTS) is 1. The number of carbonyl (C=O) groups is 3. The van der Waals surface area contributed by atoms with E-state index in [9.17, 15) is 27.9 Å². The van der Waals surface area contributed by atoms with Crippen LogP contribution < -0.4 is 10.0 Å². The zero-order valence-corrected chi connectivity index (χ0v) is 15.2. The highest BCUT2D eigenvalue weighted by Crippen LogP contribution is 2.14. The second-order valence-electron chi connectivity index (χ2n) is 5.67. The molecule has 0 spiro atoms. The zero-order valence-electron chi connectivity index (χ0n) is 14.4. The molecule has 0 saturated carbocycles. The van der Waals surface area contributed by atoms with Crippen LogP contribution in [0, 0.1) is 0 Å². The Bertz CT molecular complexity index is 957. The number of pyridine rings is 1. The molecule has 1 aromatic carbocycles. The monoisotopic (exact) mass is 407 g/mol. The summed E-state index contributed by atoms with van der Waals surface area (Å²) in [6, 6.07) is 6.62.